The summed E-state index contributed by atoms with van der Waals surface area (Å²) in [5, 5.41) is 13.4. The van der Waals surface area contributed by atoms with E-state index in [1.807, 2.05) is 6.92 Å². The SMILES string of the molecule is COC[C@H](C)Nc1ncnc(Cl)c1[N+](=O)[O-]. The molecular formula is C8H11ClN4O3. The van der Waals surface area contributed by atoms with Crippen LogP contribution in [0.3, 0.4) is 0 Å². The van der Waals surface area contributed by atoms with Crippen molar-refractivity contribution in [3.8, 4) is 0 Å². The van der Waals surface area contributed by atoms with Gasteiger partial charge in [0.25, 0.3) is 0 Å². The third-order valence-corrected chi connectivity index (χ3v) is 2.04. The lowest BCUT2D eigenvalue weighted by atomic mass is 10.3. The number of rotatable bonds is 5. The van der Waals surface area contributed by atoms with Crippen LogP contribution in [0.2, 0.25) is 5.15 Å². The molecule has 1 heterocycles. The Labute approximate surface area is 97.0 Å². The van der Waals surface area contributed by atoms with Gasteiger partial charge in [0.05, 0.1) is 11.5 Å². The molecule has 7 nitrogen and oxygen atoms in total. The lowest BCUT2D eigenvalue weighted by molar-refractivity contribution is -0.384. The summed E-state index contributed by atoms with van der Waals surface area (Å²) < 4.78 is 4.90. The standard InChI is InChI=1S/C8H11ClN4O3/c1-5(3-16-2)12-8-6(13(14)15)7(9)10-4-11-8/h4-5H,3H2,1-2H3,(H,10,11,12)/t5-/m0/s1. The van der Waals surface area contributed by atoms with Gasteiger partial charge >= 0.3 is 5.69 Å². The van der Waals surface area contributed by atoms with E-state index in [4.69, 9.17) is 16.3 Å². The Morgan fingerprint density at radius 3 is 2.94 bits per heavy atom. The number of anilines is 1. The number of halogens is 1. The fourth-order valence-corrected chi connectivity index (χ4v) is 1.35. The van der Waals surface area contributed by atoms with Crippen LogP contribution in [0.15, 0.2) is 6.33 Å². The van der Waals surface area contributed by atoms with Crippen LogP contribution in [0.25, 0.3) is 0 Å². The van der Waals surface area contributed by atoms with Gasteiger partial charge in [-0.3, -0.25) is 10.1 Å². The summed E-state index contributed by atoms with van der Waals surface area (Å²) in [7, 11) is 1.54. The van der Waals surface area contributed by atoms with E-state index in [1.165, 1.54) is 0 Å². The van der Waals surface area contributed by atoms with Gasteiger partial charge in [-0.15, -0.1) is 0 Å². The number of nitrogens with one attached hydrogen (secondary N) is 1. The molecule has 0 saturated carbocycles. The minimum atomic E-state index is -0.621. The minimum absolute atomic E-state index is 0.0922. The Morgan fingerprint density at radius 1 is 1.69 bits per heavy atom. The van der Waals surface area contributed by atoms with Gasteiger partial charge in [0, 0.05) is 13.2 Å². The number of nitro groups is 1. The predicted molar refractivity (Wildman–Crippen MR) is 58.7 cm³/mol. The molecule has 16 heavy (non-hydrogen) atoms. The molecule has 0 amide bonds. The Hall–Kier alpha value is -1.47. The van der Waals surface area contributed by atoms with Crippen LogP contribution in [-0.2, 0) is 4.74 Å². The van der Waals surface area contributed by atoms with Crippen LogP contribution in [0.4, 0.5) is 11.5 Å². The summed E-state index contributed by atoms with van der Waals surface area (Å²) in [6.07, 6.45) is 1.16. The minimum Gasteiger partial charge on any atom is -0.383 e. The molecule has 0 aliphatic heterocycles. The summed E-state index contributed by atoms with van der Waals surface area (Å²) in [5.74, 6) is 0.0922. The summed E-state index contributed by atoms with van der Waals surface area (Å²) in [4.78, 5) is 17.5. The zero-order chi connectivity index (χ0) is 12.1. The first-order valence-corrected chi connectivity index (χ1v) is 4.84. The van der Waals surface area contributed by atoms with Crippen molar-refractivity contribution >= 4 is 23.1 Å². The summed E-state index contributed by atoms with van der Waals surface area (Å²) >= 11 is 5.62. The average molecular weight is 247 g/mol. The molecule has 0 bridgehead atoms. The zero-order valence-electron chi connectivity index (χ0n) is 8.81. The summed E-state index contributed by atoms with van der Waals surface area (Å²) in [6, 6.07) is -0.116. The van der Waals surface area contributed by atoms with Gasteiger partial charge in [-0.1, -0.05) is 11.6 Å². The van der Waals surface area contributed by atoms with E-state index < -0.39 is 4.92 Å². The molecule has 1 N–H and O–H groups in total. The lowest BCUT2D eigenvalue weighted by Crippen LogP contribution is -2.22. The monoisotopic (exact) mass is 246 g/mol. The molecule has 0 aliphatic rings. The molecule has 1 aromatic rings. The second-order valence-corrected chi connectivity index (χ2v) is 3.48. The Morgan fingerprint density at radius 2 is 2.38 bits per heavy atom. The normalized spacial score (nSPS) is 12.2. The molecule has 0 unspecified atom stereocenters. The Balaban J connectivity index is 2.95. The molecular weight excluding hydrogens is 236 g/mol. The quantitative estimate of drug-likeness (QED) is 0.481. The molecule has 0 aliphatic carbocycles. The number of aromatic nitrogens is 2. The molecule has 8 heteroatoms. The van der Waals surface area contributed by atoms with Crippen molar-refractivity contribution in [3.05, 3.63) is 21.6 Å². The maximum Gasteiger partial charge on any atom is 0.348 e. The maximum atomic E-state index is 10.8. The van der Waals surface area contributed by atoms with E-state index >= 15 is 0 Å². The first-order valence-electron chi connectivity index (χ1n) is 4.46. The fourth-order valence-electron chi connectivity index (χ4n) is 1.15. The molecule has 0 radical (unpaired) electrons. The third-order valence-electron chi connectivity index (χ3n) is 1.76. The smallest absolute Gasteiger partial charge is 0.348 e. The van der Waals surface area contributed by atoms with Crippen molar-refractivity contribution < 1.29 is 9.66 Å². The molecule has 1 aromatic heterocycles. The second kappa shape index (κ2) is 5.57. The van der Waals surface area contributed by atoms with E-state index in [9.17, 15) is 10.1 Å². The van der Waals surface area contributed by atoms with Crippen molar-refractivity contribution in [2.24, 2.45) is 0 Å². The van der Waals surface area contributed by atoms with Crippen molar-refractivity contribution in [1.29, 1.82) is 0 Å². The number of nitrogens with zero attached hydrogens (tertiary/aromatic N) is 3. The molecule has 0 fully saturated rings. The number of hydrogen-bond acceptors (Lipinski definition) is 6. The second-order valence-electron chi connectivity index (χ2n) is 3.12. The average Bonchev–Trinajstić information content (AvgIpc) is 2.17. The van der Waals surface area contributed by atoms with E-state index in [-0.39, 0.29) is 22.7 Å². The van der Waals surface area contributed by atoms with Gasteiger partial charge in [-0.25, -0.2) is 9.97 Å². The van der Waals surface area contributed by atoms with E-state index in [1.54, 1.807) is 7.11 Å². The first-order chi connectivity index (χ1) is 7.56. The number of methoxy groups -OCH3 is 1. The lowest BCUT2D eigenvalue weighted by Gasteiger charge is -2.12. The van der Waals surface area contributed by atoms with Crippen LogP contribution in [0.1, 0.15) is 6.92 Å². The third kappa shape index (κ3) is 3.01. The van der Waals surface area contributed by atoms with Crippen molar-refractivity contribution in [2.75, 3.05) is 19.0 Å². The van der Waals surface area contributed by atoms with Crippen molar-refractivity contribution in [2.45, 2.75) is 13.0 Å². The van der Waals surface area contributed by atoms with Gasteiger partial charge in [0.1, 0.15) is 6.33 Å². The molecule has 0 aromatic carbocycles. The van der Waals surface area contributed by atoms with Crippen molar-refractivity contribution in [1.82, 2.24) is 9.97 Å². The van der Waals surface area contributed by atoms with Crippen LogP contribution < -0.4 is 5.32 Å². The van der Waals surface area contributed by atoms with Gasteiger partial charge in [-0.05, 0) is 6.92 Å². The van der Waals surface area contributed by atoms with Crippen molar-refractivity contribution in [3.63, 3.8) is 0 Å². The molecule has 1 atom stereocenters. The molecule has 0 saturated heterocycles. The highest BCUT2D eigenvalue weighted by Crippen LogP contribution is 2.28. The van der Waals surface area contributed by atoms with Crippen LogP contribution >= 0.6 is 11.6 Å². The van der Waals surface area contributed by atoms with Gasteiger partial charge in [-0.2, -0.15) is 0 Å². The van der Waals surface area contributed by atoms with Gasteiger partial charge in [0.2, 0.25) is 11.0 Å². The molecule has 0 spiro atoms. The topological polar surface area (TPSA) is 90.2 Å². The molecule has 88 valence electrons. The highest BCUT2D eigenvalue weighted by molar-refractivity contribution is 6.31. The van der Waals surface area contributed by atoms with E-state index in [0.29, 0.717) is 6.61 Å². The number of ether oxygens (including phenoxy) is 1. The highest BCUT2D eigenvalue weighted by Gasteiger charge is 2.22. The van der Waals surface area contributed by atoms with Crippen LogP contribution in [0, 0.1) is 10.1 Å². The van der Waals surface area contributed by atoms with Gasteiger partial charge in [0.15, 0.2) is 0 Å². The van der Waals surface area contributed by atoms with Crippen LogP contribution in [0.5, 0.6) is 0 Å². The van der Waals surface area contributed by atoms with Gasteiger partial charge < -0.3 is 10.1 Å². The predicted octanol–water partition coefficient (Wildman–Crippen LogP) is 1.48. The summed E-state index contributed by atoms with van der Waals surface area (Å²) in [6.45, 7) is 2.21. The van der Waals surface area contributed by atoms with E-state index in [0.717, 1.165) is 6.33 Å². The highest BCUT2D eigenvalue weighted by atomic mass is 35.5. The number of hydrogen-bond donors (Lipinski definition) is 1. The fraction of sp³-hybridized carbons (Fsp3) is 0.500. The largest absolute Gasteiger partial charge is 0.383 e. The summed E-state index contributed by atoms with van der Waals surface area (Å²) in [5.41, 5.74) is -0.327. The van der Waals surface area contributed by atoms with E-state index in [2.05, 4.69) is 15.3 Å². The zero-order valence-corrected chi connectivity index (χ0v) is 9.56. The first kappa shape index (κ1) is 12.6. The Kier molecular flexibility index (Phi) is 4.39. The Bertz CT molecular complexity index is 388. The molecule has 1 rings (SSSR count). The maximum absolute atomic E-state index is 10.8. The van der Waals surface area contributed by atoms with Crippen LogP contribution in [-0.4, -0.2) is 34.6 Å².